The number of likely N-dealkylation sites (tertiary alicyclic amines) is 1. The fourth-order valence-electron chi connectivity index (χ4n) is 2.38. The lowest BCUT2D eigenvalue weighted by Crippen LogP contribution is -2.26. The van der Waals surface area contributed by atoms with Gasteiger partial charge in [-0.1, -0.05) is 11.6 Å². The Morgan fingerprint density at radius 3 is 3.15 bits per heavy atom. The summed E-state index contributed by atoms with van der Waals surface area (Å²) in [6.07, 6.45) is 2.56. The van der Waals surface area contributed by atoms with E-state index in [4.69, 9.17) is 16.0 Å². The van der Waals surface area contributed by atoms with E-state index in [2.05, 4.69) is 10.3 Å². The number of benzene rings is 1. The molecule has 1 fully saturated rings. The molecule has 0 spiro atoms. The molecule has 106 valence electrons. The normalized spacial score (nSPS) is 15.2. The van der Waals surface area contributed by atoms with E-state index in [-0.39, 0.29) is 5.91 Å². The van der Waals surface area contributed by atoms with E-state index in [1.54, 1.807) is 18.2 Å². The number of fused-ring (bicyclic) bond motifs is 1. The number of nitrogens with zero attached hydrogens (tertiary/aromatic N) is 2. The van der Waals surface area contributed by atoms with Gasteiger partial charge in [0.2, 0.25) is 5.91 Å². The number of aromatic nitrogens is 1. The lowest BCUT2D eigenvalue weighted by Gasteiger charge is -2.14. The van der Waals surface area contributed by atoms with Crippen LogP contribution in [0.2, 0.25) is 5.02 Å². The van der Waals surface area contributed by atoms with Crippen molar-refractivity contribution in [3.63, 3.8) is 0 Å². The van der Waals surface area contributed by atoms with E-state index in [1.807, 2.05) is 4.90 Å². The Morgan fingerprint density at radius 1 is 1.45 bits per heavy atom. The number of halogens is 1. The van der Waals surface area contributed by atoms with Crippen LogP contribution in [0.1, 0.15) is 19.3 Å². The van der Waals surface area contributed by atoms with Crippen LogP contribution in [0.25, 0.3) is 11.1 Å². The number of carbonyl (C=O) groups excluding carboxylic acids is 1. The van der Waals surface area contributed by atoms with Gasteiger partial charge in [0.1, 0.15) is 5.52 Å². The molecule has 2 heterocycles. The lowest BCUT2D eigenvalue weighted by molar-refractivity contribution is -0.127. The highest BCUT2D eigenvalue weighted by Gasteiger charge is 2.18. The molecule has 0 atom stereocenters. The molecule has 1 amide bonds. The molecule has 1 saturated heterocycles. The van der Waals surface area contributed by atoms with E-state index < -0.39 is 0 Å². The van der Waals surface area contributed by atoms with Crippen molar-refractivity contribution in [3.05, 3.63) is 23.2 Å². The van der Waals surface area contributed by atoms with Crippen molar-refractivity contribution < 1.29 is 9.21 Å². The highest BCUT2D eigenvalue weighted by atomic mass is 35.5. The minimum Gasteiger partial charge on any atom is -0.424 e. The van der Waals surface area contributed by atoms with Crippen molar-refractivity contribution in [2.45, 2.75) is 19.3 Å². The standard InChI is InChI=1S/C14H16ClN3O2/c15-10-4-5-12-11(9-10)17-14(20-12)16-6-2-8-18-7-1-3-13(18)19/h4-5,9H,1-3,6-8H2,(H,16,17). The van der Waals surface area contributed by atoms with Gasteiger partial charge >= 0.3 is 0 Å². The summed E-state index contributed by atoms with van der Waals surface area (Å²) in [5.41, 5.74) is 1.46. The maximum atomic E-state index is 11.4. The van der Waals surface area contributed by atoms with Gasteiger partial charge < -0.3 is 14.6 Å². The van der Waals surface area contributed by atoms with Crippen LogP contribution in [-0.2, 0) is 4.79 Å². The van der Waals surface area contributed by atoms with Crippen molar-refractivity contribution in [1.29, 1.82) is 0 Å². The molecule has 1 aromatic heterocycles. The molecule has 0 aliphatic carbocycles. The molecule has 1 aromatic carbocycles. The average molecular weight is 294 g/mol. The molecular weight excluding hydrogens is 278 g/mol. The number of hydrogen-bond donors (Lipinski definition) is 1. The van der Waals surface area contributed by atoms with Crippen molar-refractivity contribution >= 4 is 34.6 Å². The average Bonchev–Trinajstić information content (AvgIpc) is 3.00. The quantitative estimate of drug-likeness (QED) is 0.861. The first-order chi connectivity index (χ1) is 9.72. The third kappa shape index (κ3) is 2.88. The second-order valence-electron chi connectivity index (χ2n) is 4.90. The first kappa shape index (κ1) is 13.2. The largest absolute Gasteiger partial charge is 0.424 e. The third-order valence-electron chi connectivity index (χ3n) is 3.40. The van der Waals surface area contributed by atoms with Gasteiger partial charge in [-0.3, -0.25) is 4.79 Å². The first-order valence-corrected chi connectivity index (χ1v) is 7.18. The molecule has 5 nitrogen and oxygen atoms in total. The number of amides is 1. The topological polar surface area (TPSA) is 58.4 Å². The number of carbonyl (C=O) groups is 1. The number of rotatable bonds is 5. The van der Waals surface area contributed by atoms with Crippen LogP contribution in [0.5, 0.6) is 0 Å². The number of oxazole rings is 1. The highest BCUT2D eigenvalue weighted by Crippen LogP contribution is 2.22. The van der Waals surface area contributed by atoms with Crippen molar-refractivity contribution in [3.8, 4) is 0 Å². The lowest BCUT2D eigenvalue weighted by atomic mass is 10.3. The first-order valence-electron chi connectivity index (χ1n) is 6.80. The number of nitrogens with one attached hydrogen (secondary N) is 1. The molecule has 2 aromatic rings. The monoisotopic (exact) mass is 293 g/mol. The Hall–Kier alpha value is -1.75. The second kappa shape index (κ2) is 5.71. The molecule has 6 heteroatoms. The summed E-state index contributed by atoms with van der Waals surface area (Å²) in [7, 11) is 0. The Kier molecular flexibility index (Phi) is 3.78. The number of anilines is 1. The molecule has 0 saturated carbocycles. The van der Waals surface area contributed by atoms with Crippen LogP contribution in [0.4, 0.5) is 6.01 Å². The van der Waals surface area contributed by atoms with E-state index in [9.17, 15) is 4.79 Å². The minimum absolute atomic E-state index is 0.265. The minimum atomic E-state index is 0.265. The van der Waals surface area contributed by atoms with Gasteiger partial charge in [-0.15, -0.1) is 0 Å². The van der Waals surface area contributed by atoms with Gasteiger partial charge in [-0.2, -0.15) is 4.98 Å². The summed E-state index contributed by atoms with van der Waals surface area (Å²) >= 11 is 5.90. The predicted molar refractivity (Wildman–Crippen MR) is 77.9 cm³/mol. The van der Waals surface area contributed by atoms with Crippen LogP contribution in [0, 0.1) is 0 Å². The molecule has 1 aliphatic heterocycles. The summed E-state index contributed by atoms with van der Waals surface area (Å²) in [6, 6.07) is 5.85. The Labute approximate surface area is 121 Å². The van der Waals surface area contributed by atoms with Crippen LogP contribution in [0.15, 0.2) is 22.6 Å². The van der Waals surface area contributed by atoms with Gasteiger partial charge in [0.05, 0.1) is 0 Å². The van der Waals surface area contributed by atoms with Gasteiger partial charge in [0, 0.05) is 31.1 Å². The van der Waals surface area contributed by atoms with Crippen LogP contribution in [0.3, 0.4) is 0 Å². The zero-order valence-electron chi connectivity index (χ0n) is 11.1. The summed E-state index contributed by atoms with van der Waals surface area (Å²) in [4.78, 5) is 17.7. The highest BCUT2D eigenvalue weighted by molar-refractivity contribution is 6.31. The summed E-state index contributed by atoms with van der Waals surface area (Å²) in [5, 5.41) is 3.78. The molecule has 20 heavy (non-hydrogen) atoms. The van der Waals surface area contributed by atoms with E-state index in [0.717, 1.165) is 38.0 Å². The van der Waals surface area contributed by atoms with Gasteiger partial charge in [-0.05, 0) is 31.0 Å². The molecule has 0 radical (unpaired) electrons. The molecule has 0 bridgehead atoms. The predicted octanol–water partition coefficient (Wildman–Crippen LogP) is 2.91. The molecular formula is C14H16ClN3O2. The SMILES string of the molecule is O=C1CCCN1CCCNc1nc2cc(Cl)ccc2o1. The number of hydrogen-bond acceptors (Lipinski definition) is 4. The third-order valence-corrected chi connectivity index (χ3v) is 3.64. The van der Waals surface area contributed by atoms with Crippen LogP contribution >= 0.6 is 11.6 Å². The Bertz CT molecular complexity index is 626. The van der Waals surface area contributed by atoms with Gasteiger partial charge in [-0.25, -0.2) is 0 Å². The Morgan fingerprint density at radius 2 is 2.35 bits per heavy atom. The van der Waals surface area contributed by atoms with Crippen LogP contribution < -0.4 is 5.32 Å². The summed E-state index contributed by atoms with van der Waals surface area (Å²) in [6.45, 7) is 2.41. The van der Waals surface area contributed by atoms with Gasteiger partial charge in [0.15, 0.2) is 5.58 Å². The van der Waals surface area contributed by atoms with E-state index in [1.165, 1.54) is 0 Å². The molecule has 3 rings (SSSR count). The van der Waals surface area contributed by atoms with Crippen molar-refractivity contribution in [2.24, 2.45) is 0 Å². The fourth-order valence-corrected chi connectivity index (χ4v) is 2.55. The second-order valence-corrected chi connectivity index (χ2v) is 5.33. The van der Waals surface area contributed by atoms with Crippen molar-refractivity contribution in [1.82, 2.24) is 9.88 Å². The summed E-state index contributed by atoms with van der Waals surface area (Å²) < 4.78 is 5.55. The van der Waals surface area contributed by atoms with Crippen molar-refractivity contribution in [2.75, 3.05) is 25.0 Å². The molecule has 1 N–H and O–H groups in total. The molecule has 0 unspecified atom stereocenters. The Balaban J connectivity index is 1.51. The fraction of sp³-hybridized carbons (Fsp3) is 0.429. The summed E-state index contributed by atoms with van der Waals surface area (Å²) in [5.74, 6) is 0.265. The maximum Gasteiger partial charge on any atom is 0.295 e. The molecule has 1 aliphatic rings. The zero-order valence-corrected chi connectivity index (χ0v) is 11.8. The van der Waals surface area contributed by atoms with E-state index in [0.29, 0.717) is 23.0 Å². The van der Waals surface area contributed by atoms with Crippen LogP contribution in [-0.4, -0.2) is 35.4 Å². The maximum absolute atomic E-state index is 11.4. The smallest absolute Gasteiger partial charge is 0.295 e. The zero-order chi connectivity index (χ0) is 13.9. The van der Waals surface area contributed by atoms with Gasteiger partial charge in [0.25, 0.3) is 6.01 Å². The van der Waals surface area contributed by atoms with E-state index >= 15 is 0 Å².